The van der Waals surface area contributed by atoms with Crippen molar-refractivity contribution in [3.8, 4) is 17.2 Å². The monoisotopic (exact) mass is 225 g/mol. The first-order valence-corrected chi connectivity index (χ1v) is 5.36. The minimum atomic E-state index is 0.760. The van der Waals surface area contributed by atoms with E-state index in [4.69, 9.17) is 9.47 Å². The standard InChI is InChI=1S/C14H11NO2/c1-16-12-7-4-8-13-10(12)9-15-11-5-2-3-6-14(11)17-13/h2-9H,1H3. The first-order valence-electron chi connectivity index (χ1n) is 5.36. The third-order valence-corrected chi connectivity index (χ3v) is 2.66. The Hall–Kier alpha value is -2.29. The van der Waals surface area contributed by atoms with Crippen molar-refractivity contribution in [3.05, 3.63) is 48.0 Å². The van der Waals surface area contributed by atoms with E-state index < -0.39 is 0 Å². The number of hydrogen-bond acceptors (Lipinski definition) is 3. The number of rotatable bonds is 1. The third kappa shape index (κ3) is 1.65. The average molecular weight is 225 g/mol. The van der Waals surface area contributed by atoms with Gasteiger partial charge in [0.25, 0.3) is 0 Å². The van der Waals surface area contributed by atoms with E-state index in [0.717, 1.165) is 28.5 Å². The summed E-state index contributed by atoms with van der Waals surface area (Å²) in [5, 5.41) is 0. The Morgan fingerprint density at radius 1 is 1.00 bits per heavy atom. The van der Waals surface area contributed by atoms with Crippen LogP contribution in [0, 0.1) is 0 Å². The molecule has 0 fully saturated rings. The maximum Gasteiger partial charge on any atom is 0.153 e. The highest BCUT2D eigenvalue weighted by molar-refractivity contribution is 5.90. The Labute approximate surface area is 99.3 Å². The normalized spacial score (nSPS) is 12.1. The lowest BCUT2D eigenvalue weighted by Crippen LogP contribution is -1.93. The number of methoxy groups -OCH3 is 1. The summed E-state index contributed by atoms with van der Waals surface area (Å²) in [5.41, 5.74) is 1.69. The molecule has 0 aromatic heterocycles. The van der Waals surface area contributed by atoms with Crippen LogP contribution in [0.4, 0.5) is 5.69 Å². The van der Waals surface area contributed by atoms with Gasteiger partial charge in [-0.25, -0.2) is 0 Å². The molecular weight excluding hydrogens is 214 g/mol. The van der Waals surface area contributed by atoms with Gasteiger partial charge in [0.2, 0.25) is 0 Å². The van der Waals surface area contributed by atoms with Gasteiger partial charge in [-0.3, -0.25) is 4.99 Å². The molecule has 0 saturated carbocycles. The van der Waals surface area contributed by atoms with E-state index in [-0.39, 0.29) is 0 Å². The van der Waals surface area contributed by atoms with Crippen molar-refractivity contribution in [1.29, 1.82) is 0 Å². The Balaban J connectivity index is 2.18. The number of fused-ring (bicyclic) bond motifs is 2. The molecule has 0 atom stereocenters. The molecule has 0 unspecified atom stereocenters. The largest absolute Gasteiger partial charge is 0.496 e. The van der Waals surface area contributed by atoms with Gasteiger partial charge in [-0.2, -0.15) is 0 Å². The van der Waals surface area contributed by atoms with Crippen molar-refractivity contribution in [2.24, 2.45) is 4.99 Å². The minimum absolute atomic E-state index is 0.760. The fraction of sp³-hybridized carbons (Fsp3) is 0.0714. The topological polar surface area (TPSA) is 30.8 Å². The van der Waals surface area contributed by atoms with Gasteiger partial charge >= 0.3 is 0 Å². The molecule has 0 amide bonds. The Morgan fingerprint density at radius 3 is 2.71 bits per heavy atom. The smallest absolute Gasteiger partial charge is 0.153 e. The number of aliphatic imine (C=N–C) groups is 1. The molecule has 84 valence electrons. The highest BCUT2D eigenvalue weighted by Gasteiger charge is 2.14. The maximum atomic E-state index is 5.84. The summed E-state index contributed by atoms with van der Waals surface area (Å²) in [6.07, 6.45) is 1.78. The van der Waals surface area contributed by atoms with Crippen molar-refractivity contribution in [3.63, 3.8) is 0 Å². The van der Waals surface area contributed by atoms with Crippen LogP contribution in [0.5, 0.6) is 17.2 Å². The van der Waals surface area contributed by atoms with Gasteiger partial charge in [-0.15, -0.1) is 0 Å². The summed E-state index contributed by atoms with van der Waals surface area (Å²) in [6.45, 7) is 0. The van der Waals surface area contributed by atoms with Crippen LogP contribution in [0.25, 0.3) is 0 Å². The Kier molecular flexibility index (Phi) is 2.29. The van der Waals surface area contributed by atoms with Crippen molar-refractivity contribution >= 4 is 11.9 Å². The van der Waals surface area contributed by atoms with E-state index in [0.29, 0.717) is 0 Å². The zero-order chi connectivity index (χ0) is 11.7. The van der Waals surface area contributed by atoms with Gasteiger partial charge in [0.1, 0.15) is 17.2 Å². The number of ether oxygens (including phenoxy) is 2. The van der Waals surface area contributed by atoms with Gasteiger partial charge in [0, 0.05) is 6.21 Å². The first-order chi connectivity index (χ1) is 8.38. The lowest BCUT2D eigenvalue weighted by Gasteiger charge is -2.09. The predicted molar refractivity (Wildman–Crippen MR) is 66.8 cm³/mol. The van der Waals surface area contributed by atoms with Crippen LogP contribution in [-0.2, 0) is 0 Å². The number of benzene rings is 2. The van der Waals surface area contributed by atoms with Crippen molar-refractivity contribution < 1.29 is 9.47 Å². The molecular formula is C14H11NO2. The summed E-state index contributed by atoms with van der Waals surface area (Å²) >= 11 is 0. The van der Waals surface area contributed by atoms with Crippen LogP contribution >= 0.6 is 0 Å². The van der Waals surface area contributed by atoms with Crippen LogP contribution in [0.15, 0.2) is 47.5 Å². The van der Waals surface area contributed by atoms with Crippen molar-refractivity contribution in [2.75, 3.05) is 7.11 Å². The fourth-order valence-corrected chi connectivity index (χ4v) is 1.82. The van der Waals surface area contributed by atoms with E-state index in [1.54, 1.807) is 13.3 Å². The zero-order valence-electron chi connectivity index (χ0n) is 9.38. The van der Waals surface area contributed by atoms with E-state index in [2.05, 4.69) is 4.99 Å². The number of nitrogens with zero attached hydrogens (tertiary/aromatic N) is 1. The molecule has 0 N–H and O–H groups in total. The molecule has 1 aliphatic heterocycles. The third-order valence-electron chi connectivity index (χ3n) is 2.66. The molecule has 3 nitrogen and oxygen atoms in total. The molecule has 0 spiro atoms. The molecule has 0 bridgehead atoms. The Morgan fingerprint density at radius 2 is 1.82 bits per heavy atom. The van der Waals surface area contributed by atoms with E-state index >= 15 is 0 Å². The van der Waals surface area contributed by atoms with Gasteiger partial charge in [-0.05, 0) is 24.3 Å². The van der Waals surface area contributed by atoms with Crippen molar-refractivity contribution in [2.45, 2.75) is 0 Å². The molecule has 0 saturated heterocycles. The maximum absolute atomic E-state index is 5.84. The van der Waals surface area contributed by atoms with E-state index in [1.165, 1.54) is 0 Å². The molecule has 3 heteroatoms. The van der Waals surface area contributed by atoms with Gasteiger partial charge in [0.15, 0.2) is 5.75 Å². The van der Waals surface area contributed by atoms with Crippen LogP contribution in [-0.4, -0.2) is 13.3 Å². The highest BCUT2D eigenvalue weighted by Crippen LogP contribution is 2.38. The SMILES string of the molecule is COc1cccc2c1C=Nc1ccccc1O2. The second-order valence-corrected chi connectivity index (χ2v) is 3.70. The van der Waals surface area contributed by atoms with Gasteiger partial charge in [-0.1, -0.05) is 18.2 Å². The average Bonchev–Trinajstić information content (AvgIpc) is 2.57. The van der Waals surface area contributed by atoms with Gasteiger partial charge < -0.3 is 9.47 Å². The summed E-state index contributed by atoms with van der Waals surface area (Å²) in [5.74, 6) is 2.29. The Bertz CT molecular complexity index is 591. The molecule has 1 heterocycles. The zero-order valence-corrected chi connectivity index (χ0v) is 9.38. The van der Waals surface area contributed by atoms with Crippen LogP contribution in [0.1, 0.15) is 5.56 Å². The van der Waals surface area contributed by atoms with Gasteiger partial charge in [0.05, 0.1) is 12.7 Å². The van der Waals surface area contributed by atoms with E-state index in [1.807, 2.05) is 42.5 Å². The quantitative estimate of drug-likeness (QED) is 0.634. The predicted octanol–water partition coefficient (Wildman–Crippen LogP) is 3.55. The summed E-state index contributed by atoms with van der Waals surface area (Å²) in [6, 6.07) is 13.4. The lowest BCUT2D eigenvalue weighted by molar-refractivity contribution is 0.408. The van der Waals surface area contributed by atoms with E-state index in [9.17, 15) is 0 Å². The first kappa shape index (κ1) is 9.90. The summed E-state index contributed by atoms with van der Waals surface area (Å²) in [4.78, 5) is 4.41. The number of hydrogen-bond donors (Lipinski definition) is 0. The minimum Gasteiger partial charge on any atom is -0.496 e. The number of para-hydroxylation sites is 2. The molecule has 0 aliphatic carbocycles. The summed E-state index contributed by atoms with van der Waals surface area (Å²) in [7, 11) is 1.64. The van der Waals surface area contributed by atoms with Crippen molar-refractivity contribution in [1.82, 2.24) is 0 Å². The molecule has 2 aromatic rings. The molecule has 1 aliphatic rings. The second kappa shape index (κ2) is 3.94. The highest BCUT2D eigenvalue weighted by atomic mass is 16.5. The molecule has 0 radical (unpaired) electrons. The molecule has 3 rings (SSSR count). The second-order valence-electron chi connectivity index (χ2n) is 3.70. The van der Waals surface area contributed by atoms with Crippen LogP contribution in [0.3, 0.4) is 0 Å². The van der Waals surface area contributed by atoms with Crippen LogP contribution in [0.2, 0.25) is 0 Å². The van der Waals surface area contributed by atoms with Crippen LogP contribution < -0.4 is 9.47 Å². The fourth-order valence-electron chi connectivity index (χ4n) is 1.82. The molecule has 2 aromatic carbocycles. The summed E-state index contributed by atoms with van der Waals surface area (Å²) < 4.78 is 11.1. The lowest BCUT2D eigenvalue weighted by atomic mass is 10.2. The molecule has 17 heavy (non-hydrogen) atoms.